The van der Waals surface area contributed by atoms with Crippen molar-refractivity contribution in [3.63, 3.8) is 0 Å². The fourth-order valence-electron chi connectivity index (χ4n) is 3.47. The molecular weight excluding hydrogens is 350 g/mol. The average Bonchev–Trinajstić information content (AvgIpc) is 2.68. The fourth-order valence-corrected chi connectivity index (χ4v) is 3.60. The van der Waals surface area contributed by atoms with Gasteiger partial charge in [0.15, 0.2) is 0 Å². The minimum Gasteiger partial charge on any atom is -0.497 e. The number of aliphatic hydroxyl groups is 1. The summed E-state index contributed by atoms with van der Waals surface area (Å²) in [6.07, 6.45) is 0. The van der Waals surface area contributed by atoms with E-state index in [0.717, 1.165) is 49.7 Å². The Balaban J connectivity index is 1.92. The van der Waals surface area contributed by atoms with Crippen molar-refractivity contribution in [3.05, 3.63) is 64.7 Å². The van der Waals surface area contributed by atoms with Crippen LogP contribution in [0.1, 0.15) is 24.0 Å². The van der Waals surface area contributed by atoms with Gasteiger partial charge in [0.05, 0.1) is 25.9 Å². The van der Waals surface area contributed by atoms with Crippen LogP contribution in [0.4, 0.5) is 0 Å². The first kappa shape index (κ1) is 19.2. The highest BCUT2D eigenvalue weighted by Gasteiger charge is 2.36. The van der Waals surface area contributed by atoms with Gasteiger partial charge in [-0.3, -0.25) is 4.90 Å². The highest BCUT2D eigenvalue weighted by atomic mass is 35.5. The number of halogens is 1. The van der Waals surface area contributed by atoms with Crippen LogP contribution in [0.2, 0.25) is 5.02 Å². The van der Waals surface area contributed by atoms with Crippen molar-refractivity contribution in [2.24, 2.45) is 0 Å². The number of hydrogen-bond acceptors (Lipinski definition) is 4. The van der Waals surface area contributed by atoms with Crippen LogP contribution in [0, 0.1) is 0 Å². The quantitative estimate of drug-likeness (QED) is 0.836. The Bertz CT molecular complexity index is 694. The van der Waals surface area contributed by atoms with Crippen molar-refractivity contribution in [2.75, 3.05) is 40.0 Å². The van der Waals surface area contributed by atoms with Crippen LogP contribution in [0.25, 0.3) is 0 Å². The summed E-state index contributed by atoms with van der Waals surface area (Å²) in [7, 11) is 1.64. The molecule has 1 heterocycles. The van der Waals surface area contributed by atoms with Gasteiger partial charge in [-0.25, -0.2) is 0 Å². The molecule has 1 aliphatic heterocycles. The van der Waals surface area contributed by atoms with Gasteiger partial charge in [0, 0.05) is 30.6 Å². The third kappa shape index (κ3) is 4.38. The van der Waals surface area contributed by atoms with Gasteiger partial charge in [0.2, 0.25) is 0 Å². The molecule has 0 radical (unpaired) electrons. The minimum atomic E-state index is -1.03. The first-order chi connectivity index (χ1) is 12.5. The van der Waals surface area contributed by atoms with Crippen molar-refractivity contribution in [1.82, 2.24) is 4.90 Å². The summed E-state index contributed by atoms with van der Waals surface area (Å²) >= 11 is 6.07. The molecule has 2 atom stereocenters. The molecule has 2 aromatic rings. The molecular formula is C21H26ClNO3. The van der Waals surface area contributed by atoms with Crippen LogP contribution < -0.4 is 4.74 Å². The molecule has 0 bridgehead atoms. The number of morpholine rings is 1. The molecule has 140 valence electrons. The van der Waals surface area contributed by atoms with Gasteiger partial charge >= 0.3 is 0 Å². The summed E-state index contributed by atoms with van der Waals surface area (Å²) < 4.78 is 10.7. The summed E-state index contributed by atoms with van der Waals surface area (Å²) in [6, 6.07) is 15.4. The molecule has 4 nitrogen and oxygen atoms in total. The molecule has 5 heteroatoms. The van der Waals surface area contributed by atoms with Gasteiger partial charge < -0.3 is 14.6 Å². The Morgan fingerprint density at radius 1 is 1.12 bits per heavy atom. The standard InChI is InChI=1S/C21H26ClNO3/c1-21(24,17-5-9-19(25-2)10-6-17)20(15-23-11-13-26-14-12-23)16-3-7-18(22)8-4-16/h3-10,20,24H,11-15H2,1-2H3/t20-,21+/m0/s1. The SMILES string of the molecule is COc1ccc([C@@](C)(O)[C@@H](CN2CCOCC2)c2ccc(Cl)cc2)cc1. The molecule has 0 saturated carbocycles. The van der Waals surface area contributed by atoms with Gasteiger partial charge in [-0.15, -0.1) is 0 Å². The molecule has 2 aromatic carbocycles. The van der Waals surface area contributed by atoms with E-state index in [2.05, 4.69) is 4.90 Å². The Hall–Kier alpha value is -1.59. The lowest BCUT2D eigenvalue weighted by molar-refractivity contribution is -0.0107. The molecule has 3 rings (SSSR count). The lowest BCUT2D eigenvalue weighted by Crippen LogP contribution is -2.43. The molecule has 0 amide bonds. The van der Waals surface area contributed by atoms with Crippen LogP contribution in [0.5, 0.6) is 5.75 Å². The van der Waals surface area contributed by atoms with Crippen molar-refractivity contribution in [2.45, 2.75) is 18.4 Å². The predicted octanol–water partition coefficient (Wildman–Crippen LogP) is 3.67. The second-order valence-corrected chi connectivity index (χ2v) is 7.33. The van der Waals surface area contributed by atoms with E-state index in [9.17, 15) is 5.11 Å². The molecule has 26 heavy (non-hydrogen) atoms. The molecule has 1 saturated heterocycles. The van der Waals surface area contributed by atoms with Crippen molar-refractivity contribution < 1.29 is 14.6 Å². The zero-order valence-corrected chi connectivity index (χ0v) is 16.1. The number of hydrogen-bond donors (Lipinski definition) is 1. The number of nitrogens with zero attached hydrogens (tertiary/aromatic N) is 1. The number of methoxy groups -OCH3 is 1. The first-order valence-corrected chi connectivity index (χ1v) is 9.31. The van der Waals surface area contributed by atoms with Gasteiger partial charge in [-0.2, -0.15) is 0 Å². The summed E-state index contributed by atoms with van der Waals surface area (Å²) in [5.41, 5.74) is 0.909. The van der Waals surface area contributed by atoms with Crippen molar-refractivity contribution in [1.29, 1.82) is 0 Å². The van der Waals surface area contributed by atoms with E-state index in [4.69, 9.17) is 21.1 Å². The van der Waals surface area contributed by atoms with E-state index in [1.54, 1.807) is 7.11 Å². The first-order valence-electron chi connectivity index (χ1n) is 8.93. The smallest absolute Gasteiger partial charge is 0.118 e. The number of ether oxygens (including phenoxy) is 2. The lowest BCUT2D eigenvalue weighted by Gasteiger charge is -2.38. The van der Waals surface area contributed by atoms with Crippen LogP contribution in [0.15, 0.2) is 48.5 Å². The van der Waals surface area contributed by atoms with E-state index in [0.29, 0.717) is 5.02 Å². The highest BCUT2D eigenvalue weighted by Crippen LogP contribution is 2.38. The lowest BCUT2D eigenvalue weighted by atomic mass is 9.78. The largest absolute Gasteiger partial charge is 0.497 e. The summed E-state index contributed by atoms with van der Waals surface area (Å²) in [5.74, 6) is 0.687. The number of benzene rings is 2. The molecule has 1 N–H and O–H groups in total. The minimum absolute atomic E-state index is 0.0914. The van der Waals surface area contributed by atoms with Crippen molar-refractivity contribution >= 4 is 11.6 Å². The third-order valence-electron chi connectivity index (χ3n) is 5.17. The molecule has 0 aromatic heterocycles. The Morgan fingerprint density at radius 2 is 1.73 bits per heavy atom. The zero-order chi connectivity index (χ0) is 18.6. The maximum absolute atomic E-state index is 11.5. The van der Waals surface area contributed by atoms with E-state index < -0.39 is 5.60 Å². The van der Waals surface area contributed by atoms with E-state index in [-0.39, 0.29) is 5.92 Å². The number of rotatable bonds is 6. The zero-order valence-electron chi connectivity index (χ0n) is 15.3. The van der Waals surface area contributed by atoms with E-state index in [1.807, 2.05) is 55.5 Å². The van der Waals surface area contributed by atoms with Crippen LogP contribution in [-0.4, -0.2) is 50.0 Å². The summed E-state index contributed by atoms with van der Waals surface area (Å²) in [4.78, 5) is 2.35. The molecule has 0 spiro atoms. The van der Waals surface area contributed by atoms with Gasteiger partial charge in [0.1, 0.15) is 5.75 Å². The molecule has 1 fully saturated rings. The van der Waals surface area contributed by atoms with Crippen LogP contribution >= 0.6 is 11.6 Å². The third-order valence-corrected chi connectivity index (χ3v) is 5.42. The maximum Gasteiger partial charge on any atom is 0.118 e. The van der Waals surface area contributed by atoms with Gasteiger partial charge in [-0.1, -0.05) is 35.9 Å². The monoisotopic (exact) mass is 375 g/mol. The normalized spacial score (nSPS) is 18.9. The van der Waals surface area contributed by atoms with Crippen LogP contribution in [-0.2, 0) is 10.3 Å². The Morgan fingerprint density at radius 3 is 2.31 bits per heavy atom. The summed E-state index contributed by atoms with van der Waals surface area (Å²) in [5, 5.41) is 12.2. The second-order valence-electron chi connectivity index (χ2n) is 6.89. The maximum atomic E-state index is 11.5. The van der Waals surface area contributed by atoms with E-state index >= 15 is 0 Å². The topological polar surface area (TPSA) is 41.9 Å². The van der Waals surface area contributed by atoms with E-state index in [1.165, 1.54) is 0 Å². The average molecular weight is 376 g/mol. The van der Waals surface area contributed by atoms with Crippen LogP contribution in [0.3, 0.4) is 0 Å². The Kier molecular flexibility index (Phi) is 6.20. The molecule has 1 aliphatic rings. The molecule has 0 aliphatic carbocycles. The fraction of sp³-hybridized carbons (Fsp3) is 0.429. The predicted molar refractivity (Wildman–Crippen MR) is 104 cm³/mol. The van der Waals surface area contributed by atoms with Gasteiger partial charge in [0.25, 0.3) is 0 Å². The second kappa shape index (κ2) is 8.40. The Labute approximate surface area is 160 Å². The highest BCUT2D eigenvalue weighted by molar-refractivity contribution is 6.30. The van der Waals surface area contributed by atoms with Crippen molar-refractivity contribution in [3.8, 4) is 5.75 Å². The molecule has 0 unspecified atom stereocenters. The van der Waals surface area contributed by atoms with Gasteiger partial charge in [-0.05, 0) is 42.3 Å². The summed E-state index contributed by atoms with van der Waals surface area (Å²) in [6.45, 7) is 5.86.